The highest BCUT2D eigenvalue weighted by molar-refractivity contribution is 9.10. The van der Waals surface area contributed by atoms with Crippen molar-refractivity contribution in [2.45, 2.75) is 52.0 Å². The van der Waals surface area contributed by atoms with Crippen LogP contribution in [0.1, 0.15) is 51.5 Å². The molecular weight excluding hydrogens is 310 g/mol. The van der Waals surface area contributed by atoms with Crippen LogP contribution in [0, 0.1) is 5.92 Å². The zero-order chi connectivity index (χ0) is 14.4. The average molecular weight is 336 g/mol. The number of nitrogens with one attached hydrogen (secondary N) is 1. The molecule has 0 bridgehead atoms. The maximum absolute atomic E-state index is 3.66. The summed E-state index contributed by atoms with van der Waals surface area (Å²) in [6, 6.07) is 9.06. The summed E-state index contributed by atoms with van der Waals surface area (Å²) in [5.74, 6) is 0.766. The fourth-order valence-electron chi connectivity index (χ4n) is 2.90. The van der Waals surface area contributed by atoms with Crippen LogP contribution in [0.5, 0.6) is 0 Å². The second kappa shape index (κ2) is 7.99. The molecule has 0 radical (unpaired) electrons. The Morgan fingerprint density at radius 2 is 1.95 bits per heavy atom. The molecule has 0 amide bonds. The Balaban J connectivity index is 2.18. The first-order valence-electron chi connectivity index (χ1n) is 7.85. The van der Waals surface area contributed by atoms with Crippen molar-refractivity contribution < 1.29 is 0 Å². The summed E-state index contributed by atoms with van der Waals surface area (Å²) in [5, 5.41) is 3.60. The van der Waals surface area contributed by atoms with E-state index in [4.69, 9.17) is 0 Å². The zero-order valence-corrected chi connectivity index (χ0v) is 14.2. The van der Waals surface area contributed by atoms with E-state index in [1.807, 2.05) is 0 Å². The van der Waals surface area contributed by atoms with Gasteiger partial charge < -0.3 is 5.32 Å². The predicted octanol–water partition coefficient (Wildman–Crippen LogP) is 5.41. The van der Waals surface area contributed by atoms with Crippen molar-refractivity contribution in [2.75, 3.05) is 6.54 Å². The van der Waals surface area contributed by atoms with Gasteiger partial charge in [-0.3, -0.25) is 0 Å². The lowest BCUT2D eigenvalue weighted by molar-refractivity contribution is 0.394. The Kier molecular flexibility index (Phi) is 6.31. The van der Waals surface area contributed by atoms with Crippen molar-refractivity contribution in [3.63, 3.8) is 0 Å². The molecule has 0 saturated heterocycles. The molecule has 1 aliphatic rings. The van der Waals surface area contributed by atoms with Crippen LogP contribution in [0.25, 0.3) is 6.08 Å². The summed E-state index contributed by atoms with van der Waals surface area (Å²) in [5.41, 5.74) is 2.88. The van der Waals surface area contributed by atoms with E-state index in [-0.39, 0.29) is 0 Å². The van der Waals surface area contributed by atoms with Gasteiger partial charge in [-0.15, -0.1) is 0 Å². The van der Waals surface area contributed by atoms with Crippen LogP contribution in [0.2, 0.25) is 0 Å². The van der Waals surface area contributed by atoms with Crippen LogP contribution in [-0.2, 0) is 0 Å². The van der Waals surface area contributed by atoms with Gasteiger partial charge in [0.2, 0.25) is 0 Å². The molecule has 1 fully saturated rings. The highest BCUT2D eigenvalue weighted by Crippen LogP contribution is 2.31. The molecule has 0 spiro atoms. The molecule has 0 unspecified atom stereocenters. The van der Waals surface area contributed by atoms with Crippen molar-refractivity contribution in [3.8, 4) is 0 Å². The molecule has 1 aliphatic carbocycles. The van der Waals surface area contributed by atoms with Gasteiger partial charge >= 0.3 is 0 Å². The van der Waals surface area contributed by atoms with Crippen LogP contribution in [0.3, 0.4) is 0 Å². The zero-order valence-electron chi connectivity index (χ0n) is 12.7. The molecule has 0 aromatic heterocycles. The van der Waals surface area contributed by atoms with Crippen LogP contribution in [0.15, 0.2) is 34.3 Å². The Labute approximate surface area is 132 Å². The van der Waals surface area contributed by atoms with E-state index < -0.39 is 0 Å². The summed E-state index contributed by atoms with van der Waals surface area (Å²) in [6.45, 7) is 5.46. The van der Waals surface area contributed by atoms with E-state index in [9.17, 15) is 0 Å². The fraction of sp³-hybridized carbons (Fsp3) is 0.556. The lowest BCUT2D eigenvalue weighted by Crippen LogP contribution is -2.27. The van der Waals surface area contributed by atoms with Gasteiger partial charge in [0.1, 0.15) is 0 Å². The van der Waals surface area contributed by atoms with Crippen molar-refractivity contribution >= 4 is 22.0 Å². The van der Waals surface area contributed by atoms with Gasteiger partial charge in [0, 0.05) is 17.1 Å². The van der Waals surface area contributed by atoms with E-state index in [2.05, 4.69) is 65.4 Å². The van der Waals surface area contributed by atoms with E-state index in [1.165, 1.54) is 42.1 Å². The highest BCUT2D eigenvalue weighted by Gasteiger charge is 2.18. The normalized spacial score (nSPS) is 17.7. The minimum atomic E-state index is 0.543. The number of benzene rings is 1. The molecule has 0 aliphatic heterocycles. The molecule has 20 heavy (non-hydrogen) atoms. The van der Waals surface area contributed by atoms with Gasteiger partial charge in [0.15, 0.2) is 0 Å². The number of halogens is 1. The molecule has 110 valence electrons. The molecule has 2 rings (SSSR count). The van der Waals surface area contributed by atoms with Gasteiger partial charge in [-0.1, -0.05) is 78.9 Å². The first kappa shape index (κ1) is 15.8. The molecule has 2 heteroatoms. The van der Waals surface area contributed by atoms with Crippen LogP contribution in [-0.4, -0.2) is 12.6 Å². The van der Waals surface area contributed by atoms with Gasteiger partial charge in [0.25, 0.3) is 0 Å². The van der Waals surface area contributed by atoms with Crippen molar-refractivity contribution in [1.29, 1.82) is 0 Å². The van der Waals surface area contributed by atoms with Crippen LogP contribution >= 0.6 is 15.9 Å². The topological polar surface area (TPSA) is 12.0 Å². The average Bonchev–Trinajstić information content (AvgIpc) is 2.46. The number of hydrogen-bond acceptors (Lipinski definition) is 1. The Bertz CT molecular complexity index is 444. The minimum Gasteiger partial charge on any atom is -0.311 e. The van der Waals surface area contributed by atoms with E-state index in [1.54, 1.807) is 5.57 Å². The molecule has 1 aromatic carbocycles. The fourth-order valence-corrected chi connectivity index (χ4v) is 3.30. The molecule has 1 N–H and O–H groups in total. The first-order valence-corrected chi connectivity index (χ1v) is 8.64. The third-order valence-electron chi connectivity index (χ3n) is 4.09. The summed E-state index contributed by atoms with van der Waals surface area (Å²) >= 11 is 3.66. The number of rotatable bonds is 5. The standard InChI is InChI=1S/C18H26BrN/c1-14(2)20-13-17(15-8-4-3-5-9-15)12-16-10-6-7-11-18(16)19/h6-7,10-12,14-15,20H,3-5,8-9,13H2,1-2H3/b17-12-. The quantitative estimate of drug-likeness (QED) is 0.758. The largest absolute Gasteiger partial charge is 0.311 e. The van der Waals surface area contributed by atoms with Gasteiger partial charge in [-0.25, -0.2) is 0 Å². The second-order valence-electron chi connectivity index (χ2n) is 6.11. The Morgan fingerprint density at radius 3 is 2.60 bits per heavy atom. The van der Waals surface area contributed by atoms with E-state index in [0.29, 0.717) is 6.04 Å². The Hall–Kier alpha value is -0.600. The molecule has 1 nitrogen and oxygen atoms in total. The molecule has 0 heterocycles. The lowest BCUT2D eigenvalue weighted by atomic mass is 9.83. The predicted molar refractivity (Wildman–Crippen MR) is 91.8 cm³/mol. The molecular formula is C18H26BrN. The molecule has 1 saturated carbocycles. The van der Waals surface area contributed by atoms with Crippen LogP contribution in [0.4, 0.5) is 0 Å². The maximum atomic E-state index is 3.66. The SMILES string of the molecule is CC(C)NC/C(=C/c1ccccc1Br)C1CCCCC1. The smallest absolute Gasteiger partial charge is 0.0247 e. The maximum Gasteiger partial charge on any atom is 0.0247 e. The third-order valence-corrected chi connectivity index (χ3v) is 4.81. The van der Waals surface area contributed by atoms with Gasteiger partial charge in [0.05, 0.1) is 0 Å². The molecule has 0 atom stereocenters. The summed E-state index contributed by atoms with van der Waals surface area (Å²) in [7, 11) is 0. The summed E-state index contributed by atoms with van der Waals surface area (Å²) in [4.78, 5) is 0. The van der Waals surface area contributed by atoms with Crippen molar-refractivity contribution in [2.24, 2.45) is 5.92 Å². The lowest BCUT2D eigenvalue weighted by Gasteiger charge is -2.26. The summed E-state index contributed by atoms with van der Waals surface area (Å²) in [6.07, 6.45) is 9.30. The van der Waals surface area contributed by atoms with Crippen molar-refractivity contribution in [3.05, 3.63) is 39.9 Å². The summed E-state index contributed by atoms with van der Waals surface area (Å²) < 4.78 is 1.19. The Morgan fingerprint density at radius 1 is 1.25 bits per heavy atom. The van der Waals surface area contributed by atoms with Crippen molar-refractivity contribution in [1.82, 2.24) is 5.32 Å². The third kappa shape index (κ3) is 4.75. The second-order valence-corrected chi connectivity index (χ2v) is 6.97. The number of hydrogen-bond donors (Lipinski definition) is 1. The van der Waals surface area contributed by atoms with E-state index in [0.717, 1.165) is 12.5 Å². The van der Waals surface area contributed by atoms with Crippen LogP contribution < -0.4 is 5.32 Å². The highest BCUT2D eigenvalue weighted by atomic mass is 79.9. The van der Waals surface area contributed by atoms with Gasteiger partial charge in [-0.2, -0.15) is 0 Å². The van der Waals surface area contributed by atoms with E-state index >= 15 is 0 Å². The molecule has 1 aromatic rings. The monoisotopic (exact) mass is 335 g/mol. The van der Waals surface area contributed by atoms with Gasteiger partial charge in [-0.05, 0) is 30.4 Å². The first-order chi connectivity index (χ1) is 9.66. The minimum absolute atomic E-state index is 0.543.